The number of benzene rings is 3. The second-order valence-electron chi connectivity index (χ2n) is 7.22. The molecule has 0 fully saturated rings. The van der Waals surface area contributed by atoms with Gasteiger partial charge in [0, 0.05) is 11.4 Å². The van der Waals surface area contributed by atoms with Crippen LogP contribution in [0.1, 0.15) is 12.5 Å². The molecule has 10 heteroatoms. The number of nitriles is 1. The molecule has 2 N–H and O–H groups in total. The molecule has 3 aromatic carbocycles. The van der Waals surface area contributed by atoms with Crippen molar-refractivity contribution in [2.75, 3.05) is 23.8 Å². The quantitative estimate of drug-likeness (QED) is 0.213. The molecule has 0 unspecified atom stereocenters. The van der Waals surface area contributed by atoms with E-state index < -0.39 is 11.8 Å². The molecule has 3 rings (SSSR count). The summed E-state index contributed by atoms with van der Waals surface area (Å²) in [5.74, 6) is -0.333. The molecule has 0 saturated heterocycles. The Kier molecular flexibility index (Phi) is 9.77. The lowest BCUT2D eigenvalue weighted by Gasteiger charge is -2.15. The Labute approximate surface area is 226 Å². The number of anilines is 2. The Morgan fingerprint density at radius 3 is 2.42 bits per heavy atom. The van der Waals surface area contributed by atoms with Crippen LogP contribution in [-0.4, -0.2) is 25.0 Å². The molecule has 0 aliphatic heterocycles. The molecule has 36 heavy (non-hydrogen) atoms. The van der Waals surface area contributed by atoms with E-state index >= 15 is 0 Å². The van der Waals surface area contributed by atoms with Gasteiger partial charge in [-0.2, -0.15) is 5.26 Å². The van der Waals surface area contributed by atoms with Crippen molar-refractivity contribution in [1.82, 2.24) is 0 Å². The molecule has 0 aliphatic carbocycles. The molecule has 0 saturated carbocycles. The zero-order valence-electron chi connectivity index (χ0n) is 19.0. The van der Waals surface area contributed by atoms with Crippen molar-refractivity contribution in [1.29, 1.82) is 5.26 Å². The van der Waals surface area contributed by atoms with Crippen molar-refractivity contribution in [3.8, 4) is 17.6 Å². The van der Waals surface area contributed by atoms with Gasteiger partial charge >= 0.3 is 0 Å². The lowest BCUT2D eigenvalue weighted by molar-refractivity contribution is -0.118. The number of amides is 2. The molecule has 2 amide bonds. The Hall–Kier alpha value is -3.51. The van der Waals surface area contributed by atoms with Crippen molar-refractivity contribution in [3.63, 3.8) is 0 Å². The van der Waals surface area contributed by atoms with Gasteiger partial charge in [-0.15, -0.1) is 0 Å². The van der Waals surface area contributed by atoms with Gasteiger partial charge < -0.3 is 20.1 Å². The molecule has 0 bridgehead atoms. The molecule has 0 aromatic heterocycles. The van der Waals surface area contributed by atoms with Gasteiger partial charge in [-0.3, -0.25) is 9.59 Å². The van der Waals surface area contributed by atoms with E-state index in [2.05, 4.69) is 26.6 Å². The van der Waals surface area contributed by atoms with Crippen LogP contribution in [0.5, 0.6) is 11.5 Å². The van der Waals surface area contributed by atoms with Crippen molar-refractivity contribution in [2.45, 2.75) is 6.92 Å². The van der Waals surface area contributed by atoms with Gasteiger partial charge in [0.15, 0.2) is 18.1 Å². The summed E-state index contributed by atoms with van der Waals surface area (Å²) < 4.78 is 11.9. The van der Waals surface area contributed by atoms with Crippen LogP contribution in [0.2, 0.25) is 10.0 Å². The molecule has 3 aromatic rings. The molecule has 0 atom stereocenters. The summed E-state index contributed by atoms with van der Waals surface area (Å²) in [7, 11) is 0. The second kappa shape index (κ2) is 13.0. The van der Waals surface area contributed by atoms with E-state index in [-0.39, 0.29) is 12.2 Å². The van der Waals surface area contributed by atoms with Gasteiger partial charge in [-0.05, 0) is 77.0 Å². The Balaban J connectivity index is 1.76. The maximum Gasteiger partial charge on any atom is 0.266 e. The largest absolute Gasteiger partial charge is 0.490 e. The van der Waals surface area contributed by atoms with Gasteiger partial charge in [0.1, 0.15) is 11.6 Å². The minimum atomic E-state index is -0.544. The Morgan fingerprint density at radius 1 is 1.00 bits per heavy atom. The monoisotopic (exact) mass is 587 g/mol. The standard InChI is InChI=1S/C26H20BrCl2N3O4/c1-2-35-23-12-16(10-17(14-30)26(34)32-18-6-4-3-5-7-18)11-20(27)25(23)36-15-24(33)31-19-8-9-21(28)22(29)13-19/h3-13H,2,15H2,1H3,(H,31,33)(H,32,34)/b17-10+. The highest BCUT2D eigenvalue weighted by Gasteiger charge is 2.16. The minimum Gasteiger partial charge on any atom is -0.490 e. The van der Waals surface area contributed by atoms with E-state index in [1.165, 1.54) is 12.1 Å². The molecule has 0 spiro atoms. The molecule has 184 valence electrons. The van der Waals surface area contributed by atoms with Crippen molar-refractivity contribution >= 4 is 68.4 Å². The fraction of sp³-hybridized carbons (Fsp3) is 0.115. The summed E-state index contributed by atoms with van der Waals surface area (Å²) in [4.78, 5) is 24.9. The van der Waals surface area contributed by atoms with Gasteiger partial charge in [0.25, 0.3) is 11.8 Å². The van der Waals surface area contributed by atoms with E-state index in [9.17, 15) is 14.9 Å². The highest BCUT2D eigenvalue weighted by atomic mass is 79.9. The number of halogens is 3. The topological polar surface area (TPSA) is 100 Å². The number of hydrogen-bond acceptors (Lipinski definition) is 5. The SMILES string of the molecule is CCOc1cc(/C=C(\C#N)C(=O)Nc2ccccc2)cc(Br)c1OCC(=O)Nc1ccc(Cl)c(Cl)c1. The highest BCUT2D eigenvalue weighted by Crippen LogP contribution is 2.37. The fourth-order valence-corrected chi connectivity index (χ4v) is 3.89. The zero-order valence-corrected chi connectivity index (χ0v) is 22.1. The first kappa shape index (κ1) is 27.1. The van der Waals surface area contributed by atoms with Crippen LogP contribution in [0.15, 0.2) is 70.7 Å². The third kappa shape index (κ3) is 7.49. The number of nitrogens with zero attached hydrogens (tertiary/aromatic N) is 1. The number of rotatable bonds is 9. The van der Waals surface area contributed by atoms with Crippen LogP contribution in [-0.2, 0) is 9.59 Å². The van der Waals surface area contributed by atoms with E-state index in [4.69, 9.17) is 32.7 Å². The number of nitrogens with one attached hydrogen (secondary N) is 2. The maximum atomic E-state index is 12.5. The Bertz CT molecular complexity index is 1340. The number of hydrogen-bond donors (Lipinski definition) is 2. The van der Waals surface area contributed by atoms with Gasteiger partial charge in [-0.25, -0.2) is 0 Å². The van der Waals surface area contributed by atoms with Gasteiger partial charge in [0.2, 0.25) is 0 Å². The first-order chi connectivity index (χ1) is 17.3. The summed E-state index contributed by atoms with van der Waals surface area (Å²) in [6, 6.07) is 18.7. The van der Waals surface area contributed by atoms with Crippen LogP contribution in [0.3, 0.4) is 0 Å². The maximum absolute atomic E-state index is 12.5. The van der Waals surface area contributed by atoms with Crippen LogP contribution in [0.4, 0.5) is 11.4 Å². The number of ether oxygens (including phenoxy) is 2. The summed E-state index contributed by atoms with van der Waals surface area (Å²) >= 11 is 15.3. The minimum absolute atomic E-state index is 0.0946. The third-order valence-electron chi connectivity index (χ3n) is 4.59. The summed E-state index contributed by atoms with van der Waals surface area (Å²) in [5.41, 5.74) is 1.48. The van der Waals surface area contributed by atoms with E-state index in [1.807, 2.05) is 12.1 Å². The average molecular weight is 589 g/mol. The normalized spacial score (nSPS) is 10.8. The van der Waals surface area contributed by atoms with E-state index in [0.29, 0.717) is 49.6 Å². The second-order valence-corrected chi connectivity index (χ2v) is 8.89. The lowest BCUT2D eigenvalue weighted by Crippen LogP contribution is -2.20. The fourth-order valence-electron chi connectivity index (χ4n) is 3.02. The predicted molar refractivity (Wildman–Crippen MR) is 145 cm³/mol. The van der Waals surface area contributed by atoms with Crippen molar-refractivity contribution in [3.05, 3.63) is 86.3 Å². The highest BCUT2D eigenvalue weighted by molar-refractivity contribution is 9.10. The number of para-hydroxylation sites is 1. The molecule has 0 aliphatic rings. The molecular formula is C26H20BrCl2N3O4. The van der Waals surface area contributed by atoms with Crippen LogP contribution in [0.25, 0.3) is 6.08 Å². The average Bonchev–Trinajstić information content (AvgIpc) is 2.85. The van der Waals surface area contributed by atoms with Crippen molar-refractivity contribution in [2.24, 2.45) is 0 Å². The first-order valence-electron chi connectivity index (χ1n) is 10.6. The first-order valence-corrected chi connectivity index (χ1v) is 12.2. The van der Waals surface area contributed by atoms with Crippen LogP contribution in [0, 0.1) is 11.3 Å². The van der Waals surface area contributed by atoms with E-state index in [0.717, 1.165) is 0 Å². The summed E-state index contributed by atoms with van der Waals surface area (Å²) in [6.07, 6.45) is 1.44. The lowest BCUT2D eigenvalue weighted by atomic mass is 10.1. The summed E-state index contributed by atoms with van der Waals surface area (Å²) in [5, 5.41) is 15.6. The van der Waals surface area contributed by atoms with Crippen LogP contribution >= 0.6 is 39.1 Å². The van der Waals surface area contributed by atoms with E-state index in [1.54, 1.807) is 55.5 Å². The van der Waals surface area contributed by atoms with Crippen LogP contribution < -0.4 is 20.1 Å². The number of carbonyl (C=O) groups is 2. The van der Waals surface area contributed by atoms with Gasteiger partial charge in [0.05, 0.1) is 21.1 Å². The number of carbonyl (C=O) groups excluding carboxylic acids is 2. The van der Waals surface area contributed by atoms with Gasteiger partial charge in [-0.1, -0.05) is 41.4 Å². The summed E-state index contributed by atoms with van der Waals surface area (Å²) in [6.45, 7) is 1.81. The molecule has 0 radical (unpaired) electrons. The van der Waals surface area contributed by atoms with Crippen molar-refractivity contribution < 1.29 is 19.1 Å². The molecule has 7 nitrogen and oxygen atoms in total. The molecule has 0 heterocycles. The molecular weight excluding hydrogens is 569 g/mol. The zero-order chi connectivity index (χ0) is 26.1. The third-order valence-corrected chi connectivity index (χ3v) is 5.92. The predicted octanol–water partition coefficient (Wildman–Crippen LogP) is 6.72. The smallest absolute Gasteiger partial charge is 0.266 e. The Morgan fingerprint density at radius 2 is 1.75 bits per heavy atom.